The highest BCUT2D eigenvalue weighted by Crippen LogP contribution is 2.42. The number of nitrogens with one attached hydrogen (secondary N) is 1. The first kappa shape index (κ1) is 28.1. The largest absolute Gasteiger partial charge is 0.363 e. The van der Waals surface area contributed by atoms with Crippen LogP contribution in [0.25, 0.3) is 0 Å². The number of aryl methyl sites for hydroxylation is 1. The van der Waals surface area contributed by atoms with Gasteiger partial charge in [0.25, 0.3) is 5.56 Å². The fourth-order valence-electron chi connectivity index (χ4n) is 4.21. The number of benzene rings is 1. The van der Waals surface area contributed by atoms with Gasteiger partial charge in [-0.05, 0) is 32.2 Å². The maximum atomic E-state index is 13.4. The molecular weight excluding hydrogens is 485 g/mol. The summed E-state index contributed by atoms with van der Waals surface area (Å²) < 4.78 is 32.5. The van der Waals surface area contributed by atoms with E-state index in [1.807, 2.05) is 37.3 Å². The molecule has 0 saturated carbocycles. The Morgan fingerprint density at radius 3 is 2.53 bits per heavy atom. The minimum absolute atomic E-state index is 0.187. The molecule has 10 nitrogen and oxygen atoms in total. The molecule has 1 amide bonds. The van der Waals surface area contributed by atoms with Crippen molar-refractivity contribution in [2.75, 3.05) is 33.1 Å². The van der Waals surface area contributed by atoms with Crippen molar-refractivity contribution in [1.82, 2.24) is 14.5 Å². The first-order valence-corrected chi connectivity index (χ1v) is 14.8. The molecule has 0 bridgehead atoms. The highest BCUT2D eigenvalue weighted by Gasteiger charge is 2.44. The summed E-state index contributed by atoms with van der Waals surface area (Å²) in [4.78, 5) is 38.1. The molecule has 1 aliphatic rings. The first-order chi connectivity index (χ1) is 17.0. The van der Waals surface area contributed by atoms with Crippen LogP contribution in [-0.4, -0.2) is 60.4 Å². The highest BCUT2D eigenvalue weighted by atomic mass is 31.2. The molecule has 1 N–H and O–H groups in total. The van der Waals surface area contributed by atoms with Crippen LogP contribution in [0.1, 0.15) is 30.7 Å². The van der Waals surface area contributed by atoms with Crippen LogP contribution in [0.3, 0.4) is 0 Å². The summed E-state index contributed by atoms with van der Waals surface area (Å²) in [5.41, 5.74) is 0.213. The highest BCUT2D eigenvalue weighted by molar-refractivity contribution is 7.62. The van der Waals surface area contributed by atoms with Gasteiger partial charge in [0.1, 0.15) is 19.4 Å². The van der Waals surface area contributed by atoms with Gasteiger partial charge in [-0.2, -0.15) is 0 Å². The van der Waals surface area contributed by atoms with E-state index in [0.717, 1.165) is 10.1 Å². The Kier molecular flexibility index (Phi) is 9.47. The SMILES string of the molecule is CNC(=O)CO[C@@H]1[C@H](C)[C@@H](CCP(C)(C)=O)O[C@H]1n1cc(C)c(=O)n(COCc2ccccc2)c1=O. The lowest BCUT2D eigenvalue weighted by Gasteiger charge is -2.24. The number of carbonyl (C=O) groups is 1. The zero-order valence-electron chi connectivity index (χ0n) is 21.5. The van der Waals surface area contributed by atoms with Gasteiger partial charge >= 0.3 is 5.69 Å². The van der Waals surface area contributed by atoms with Gasteiger partial charge < -0.3 is 24.1 Å². The zero-order chi connectivity index (χ0) is 26.5. The smallest absolute Gasteiger partial charge is 0.335 e. The Balaban J connectivity index is 1.89. The molecule has 1 aliphatic heterocycles. The summed E-state index contributed by atoms with van der Waals surface area (Å²) >= 11 is 0. The van der Waals surface area contributed by atoms with Crippen LogP contribution in [0, 0.1) is 12.8 Å². The third-order valence-electron chi connectivity index (χ3n) is 6.31. The van der Waals surface area contributed by atoms with E-state index in [1.54, 1.807) is 20.3 Å². The normalized spacial score (nSPS) is 22.0. The van der Waals surface area contributed by atoms with Crippen LogP contribution in [0.5, 0.6) is 0 Å². The Morgan fingerprint density at radius 2 is 1.89 bits per heavy atom. The lowest BCUT2D eigenvalue weighted by Crippen LogP contribution is -2.45. The van der Waals surface area contributed by atoms with Crippen molar-refractivity contribution in [2.24, 2.45) is 5.92 Å². The van der Waals surface area contributed by atoms with E-state index in [9.17, 15) is 18.9 Å². The molecule has 1 aromatic heterocycles. The second-order valence-electron chi connectivity index (χ2n) is 9.66. The van der Waals surface area contributed by atoms with Crippen molar-refractivity contribution in [3.63, 3.8) is 0 Å². The summed E-state index contributed by atoms with van der Waals surface area (Å²) in [6.07, 6.45) is 0.634. The van der Waals surface area contributed by atoms with Gasteiger partial charge in [0, 0.05) is 30.9 Å². The van der Waals surface area contributed by atoms with Crippen LogP contribution < -0.4 is 16.6 Å². The average Bonchev–Trinajstić information content (AvgIpc) is 3.15. The first-order valence-electron chi connectivity index (χ1n) is 12.0. The van der Waals surface area contributed by atoms with Gasteiger partial charge in [-0.25, -0.2) is 9.36 Å². The van der Waals surface area contributed by atoms with Gasteiger partial charge in [-0.15, -0.1) is 0 Å². The van der Waals surface area contributed by atoms with E-state index >= 15 is 0 Å². The number of hydrogen-bond donors (Lipinski definition) is 1. The number of rotatable bonds is 11. The molecule has 0 spiro atoms. The second kappa shape index (κ2) is 12.1. The van der Waals surface area contributed by atoms with Crippen LogP contribution in [-0.2, 0) is 36.9 Å². The molecule has 36 heavy (non-hydrogen) atoms. The van der Waals surface area contributed by atoms with Gasteiger partial charge in [0.2, 0.25) is 5.91 Å². The number of ether oxygens (including phenoxy) is 3. The van der Waals surface area contributed by atoms with Crippen molar-refractivity contribution in [2.45, 2.75) is 52.0 Å². The molecule has 0 unspecified atom stereocenters. The van der Waals surface area contributed by atoms with Crippen LogP contribution in [0.15, 0.2) is 46.1 Å². The fourth-order valence-corrected chi connectivity index (χ4v) is 5.08. The topological polar surface area (TPSA) is 118 Å². The minimum Gasteiger partial charge on any atom is -0.363 e. The van der Waals surface area contributed by atoms with Crippen molar-refractivity contribution in [1.29, 1.82) is 0 Å². The molecule has 4 atom stereocenters. The van der Waals surface area contributed by atoms with Gasteiger partial charge in [0.15, 0.2) is 6.23 Å². The molecule has 1 saturated heterocycles. The summed E-state index contributed by atoms with van der Waals surface area (Å²) in [6, 6.07) is 9.45. The standard InChI is InChI=1S/C25H36N3O7P/c1-17-13-27(25(31)28(23(17)30)16-33-14-19-9-7-6-8-10-19)24-22(34-15-21(29)26-3)18(2)20(35-24)11-12-36(4,5)32/h6-10,13,18,20,22,24H,11-12,14-16H2,1-5H3,(H,26,29)/t18-,20-,22-,24-/m1/s1. The molecule has 1 aromatic carbocycles. The monoisotopic (exact) mass is 521 g/mol. The molecule has 2 aromatic rings. The Bertz CT molecular complexity index is 1200. The quantitative estimate of drug-likeness (QED) is 0.451. The van der Waals surface area contributed by atoms with Crippen molar-refractivity contribution >= 4 is 13.0 Å². The number of aromatic nitrogens is 2. The van der Waals surface area contributed by atoms with Crippen molar-refractivity contribution < 1.29 is 23.6 Å². The summed E-state index contributed by atoms with van der Waals surface area (Å²) in [5, 5.41) is 2.52. The van der Waals surface area contributed by atoms with Crippen LogP contribution in [0.2, 0.25) is 0 Å². The number of amides is 1. The molecule has 198 valence electrons. The molecule has 1 fully saturated rings. The maximum Gasteiger partial charge on any atom is 0.335 e. The number of likely N-dealkylation sites (N-methyl/N-ethyl adjacent to an activating group) is 1. The number of carbonyl (C=O) groups excluding carboxylic acids is 1. The van der Waals surface area contributed by atoms with E-state index in [2.05, 4.69) is 5.32 Å². The Labute approximate surface area is 210 Å². The lowest BCUT2D eigenvalue weighted by molar-refractivity contribution is -0.131. The number of hydrogen-bond acceptors (Lipinski definition) is 7. The fraction of sp³-hybridized carbons (Fsp3) is 0.560. The van der Waals surface area contributed by atoms with E-state index in [-0.39, 0.29) is 37.9 Å². The summed E-state index contributed by atoms with van der Waals surface area (Å²) in [7, 11) is -0.764. The predicted molar refractivity (Wildman–Crippen MR) is 137 cm³/mol. The van der Waals surface area contributed by atoms with E-state index in [4.69, 9.17) is 14.2 Å². The van der Waals surface area contributed by atoms with E-state index < -0.39 is 30.7 Å². The summed E-state index contributed by atoms with van der Waals surface area (Å²) in [6.45, 7) is 6.81. The van der Waals surface area contributed by atoms with Gasteiger partial charge in [0.05, 0.1) is 19.9 Å². The summed E-state index contributed by atoms with van der Waals surface area (Å²) in [5.74, 6) is -0.494. The molecule has 3 rings (SSSR count). The molecule has 0 aliphatic carbocycles. The van der Waals surface area contributed by atoms with Crippen LogP contribution in [0.4, 0.5) is 0 Å². The second-order valence-corrected chi connectivity index (χ2v) is 13.3. The predicted octanol–water partition coefficient (Wildman–Crippen LogP) is 2.17. The average molecular weight is 522 g/mol. The van der Waals surface area contributed by atoms with E-state index in [1.165, 1.54) is 17.8 Å². The van der Waals surface area contributed by atoms with Gasteiger partial charge in [-0.3, -0.25) is 14.2 Å². The number of nitrogens with zero attached hydrogens (tertiary/aromatic N) is 2. The zero-order valence-corrected chi connectivity index (χ0v) is 22.4. The van der Waals surface area contributed by atoms with Crippen molar-refractivity contribution in [3.05, 3.63) is 68.5 Å². The lowest BCUT2D eigenvalue weighted by atomic mass is 9.98. The molecular formula is C25H36N3O7P. The van der Waals surface area contributed by atoms with Gasteiger partial charge in [-0.1, -0.05) is 37.3 Å². The Morgan fingerprint density at radius 1 is 1.19 bits per heavy atom. The molecule has 11 heteroatoms. The molecule has 2 heterocycles. The minimum atomic E-state index is -2.28. The third kappa shape index (κ3) is 7.03. The molecule has 0 radical (unpaired) electrons. The Hall–Kier alpha value is -2.52. The van der Waals surface area contributed by atoms with Crippen LogP contribution >= 0.6 is 7.14 Å². The van der Waals surface area contributed by atoms with Crippen molar-refractivity contribution in [3.8, 4) is 0 Å². The third-order valence-corrected chi connectivity index (χ3v) is 7.65. The van der Waals surface area contributed by atoms with E-state index in [0.29, 0.717) is 18.1 Å². The maximum absolute atomic E-state index is 13.4.